The van der Waals surface area contributed by atoms with Crippen LogP contribution < -0.4 is 4.72 Å². The van der Waals surface area contributed by atoms with Crippen LogP contribution in [0.25, 0.3) is 0 Å². The van der Waals surface area contributed by atoms with Gasteiger partial charge in [-0.3, -0.25) is 4.72 Å². The summed E-state index contributed by atoms with van der Waals surface area (Å²) in [4.78, 5) is 7.29. The number of aryl methyl sites for hydroxylation is 1. The van der Waals surface area contributed by atoms with E-state index in [1.54, 1.807) is 6.92 Å². The lowest BCUT2D eigenvalue weighted by Gasteiger charge is -2.09. The van der Waals surface area contributed by atoms with Crippen molar-refractivity contribution >= 4 is 15.8 Å². The van der Waals surface area contributed by atoms with Gasteiger partial charge < -0.3 is 5.11 Å². The molecule has 0 spiro atoms. The van der Waals surface area contributed by atoms with E-state index in [-0.39, 0.29) is 11.6 Å². The Hall–Kier alpha value is -2.22. The maximum absolute atomic E-state index is 13.4. The summed E-state index contributed by atoms with van der Waals surface area (Å²) in [5.41, 5.74) is 0.497. The van der Waals surface area contributed by atoms with Gasteiger partial charge in [0.05, 0.1) is 0 Å². The van der Waals surface area contributed by atoms with Gasteiger partial charge in [0.2, 0.25) is 5.03 Å². The van der Waals surface area contributed by atoms with Crippen LogP contribution in [-0.2, 0) is 10.0 Å². The smallest absolute Gasteiger partial charge is 0.283 e. The number of halogens is 1. The Balaban J connectivity index is 2.43. The van der Waals surface area contributed by atoms with Crippen molar-refractivity contribution in [1.82, 2.24) is 9.97 Å². The molecule has 0 saturated carbocycles. The molecule has 0 aromatic carbocycles. The summed E-state index contributed by atoms with van der Waals surface area (Å²) in [6.07, 6.45) is 1.15. The van der Waals surface area contributed by atoms with Gasteiger partial charge in [-0.25, -0.2) is 14.4 Å². The molecule has 0 aliphatic carbocycles. The topological polar surface area (TPSA) is 92.2 Å². The summed E-state index contributed by atoms with van der Waals surface area (Å²) < 4.78 is 39.2. The van der Waals surface area contributed by atoms with Gasteiger partial charge in [-0.1, -0.05) is 0 Å². The highest BCUT2D eigenvalue weighted by molar-refractivity contribution is 7.92. The normalized spacial score (nSPS) is 11.3. The fourth-order valence-electron chi connectivity index (χ4n) is 1.37. The largest absolute Gasteiger partial charge is 0.504 e. The SMILES string of the molecule is Cc1ccc(O)c(NS(=O)(=O)c2ncccc2F)n1. The first kappa shape index (κ1) is 13.2. The number of aromatic nitrogens is 2. The van der Waals surface area contributed by atoms with Crippen molar-refractivity contribution in [2.45, 2.75) is 11.9 Å². The van der Waals surface area contributed by atoms with Crippen molar-refractivity contribution in [3.05, 3.63) is 42.0 Å². The molecular weight excluding hydrogens is 273 g/mol. The van der Waals surface area contributed by atoms with Crippen molar-refractivity contribution in [1.29, 1.82) is 0 Å². The molecule has 2 heterocycles. The summed E-state index contributed by atoms with van der Waals surface area (Å²) in [7, 11) is -4.24. The number of nitrogens with one attached hydrogen (secondary N) is 1. The Morgan fingerprint density at radius 2 is 2.05 bits per heavy atom. The van der Waals surface area contributed by atoms with Crippen molar-refractivity contribution in [2.75, 3.05) is 4.72 Å². The zero-order chi connectivity index (χ0) is 14.0. The number of nitrogens with zero attached hydrogens (tertiary/aromatic N) is 2. The first-order chi connectivity index (χ1) is 8.90. The first-order valence-electron chi connectivity index (χ1n) is 5.20. The number of anilines is 1. The van der Waals surface area contributed by atoms with Gasteiger partial charge in [-0.15, -0.1) is 0 Å². The van der Waals surface area contributed by atoms with Crippen LogP contribution in [0.3, 0.4) is 0 Å². The average molecular weight is 283 g/mol. The van der Waals surface area contributed by atoms with E-state index in [0.717, 1.165) is 12.3 Å². The van der Waals surface area contributed by atoms with Gasteiger partial charge in [-0.05, 0) is 31.2 Å². The second-order valence-electron chi connectivity index (χ2n) is 3.72. The molecule has 0 amide bonds. The quantitative estimate of drug-likeness (QED) is 0.889. The van der Waals surface area contributed by atoms with E-state index >= 15 is 0 Å². The summed E-state index contributed by atoms with van der Waals surface area (Å²) in [5, 5.41) is 8.76. The zero-order valence-electron chi connectivity index (χ0n) is 9.83. The van der Waals surface area contributed by atoms with Gasteiger partial charge >= 0.3 is 0 Å². The third-order valence-corrected chi connectivity index (χ3v) is 3.50. The van der Waals surface area contributed by atoms with Crippen LogP contribution in [0.2, 0.25) is 0 Å². The second kappa shape index (κ2) is 4.81. The summed E-state index contributed by atoms with van der Waals surface area (Å²) in [6.45, 7) is 1.62. The van der Waals surface area contributed by atoms with Crippen molar-refractivity contribution in [3.8, 4) is 5.75 Å². The molecule has 2 rings (SSSR count). The maximum Gasteiger partial charge on any atom is 0.283 e. The van der Waals surface area contributed by atoms with Gasteiger partial charge in [0.1, 0.15) is 0 Å². The number of sulfonamides is 1. The van der Waals surface area contributed by atoms with E-state index < -0.39 is 20.9 Å². The van der Waals surface area contributed by atoms with Crippen molar-refractivity contribution in [2.24, 2.45) is 0 Å². The fraction of sp³-hybridized carbons (Fsp3) is 0.0909. The molecule has 0 fully saturated rings. The van der Waals surface area contributed by atoms with E-state index in [4.69, 9.17) is 0 Å². The summed E-state index contributed by atoms with van der Waals surface area (Å²) in [6, 6.07) is 5.05. The van der Waals surface area contributed by atoms with E-state index in [2.05, 4.69) is 9.97 Å². The minimum Gasteiger partial charge on any atom is -0.504 e. The van der Waals surface area contributed by atoms with Gasteiger partial charge in [0.15, 0.2) is 17.4 Å². The third kappa shape index (κ3) is 2.79. The molecule has 0 bridgehead atoms. The van der Waals surface area contributed by atoms with Gasteiger partial charge in [0, 0.05) is 11.9 Å². The molecule has 2 aromatic rings. The van der Waals surface area contributed by atoms with Crippen LogP contribution in [0.5, 0.6) is 5.75 Å². The van der Waals surface area contributed by atoms with Crippen LogP contribution in [0.4, 0.5) is 10.2 Å². The predicted molar refractivity (Wildman–Crippen MR) is 65.6 cm³/mol. The predicted octanol–water partition coefficient (Wildman–Crippen LogP) is 1.43. The molecule has 0 unspecified atom stereocenters. The van der Waals surface area contributed by atoms with Crippen LogP contribution in [0, 0.1) is 12.7 Å². The standard InChI is InChI=1S/C11H10FN3O3S/c1-7-4-5-9(16)10(14-7)15-19(17,18)11-8(12)3-2-6-13-11/h2-6,16H,1H3,(H,14,15). The number of hydrogen-bond acceptors (Lipinski definition) is 5. The molecule has 0 radical (unpaired) electrons. The highest BCUT2D eigenvalue weighted by atomic mass is 32.2. The number of pyridine rings is 2. The summed E-state index contributed by atoms with van der Waals surface area (Å²) in [5.74, 6) is -1.61. The Morgan fingerprint density at radius 3 is 2.74 bits per heavy atom. The molecule has 0 aliphatic heterocycles. The summed E-state index contributed by atoms with van der Waals surface area (Å²) >= 11 is 0. The molecule has 8 heteroatoms. The number of aromatic hydroxyl groups is 1. The van der Waals surface area contributed by atoms with Crippen LogP contribution >= 0.6 is 0 Å². The fourth-order valence-corrected chi connectivity index (χ4v) is 2.39. The highest BCUT2D eigenvalue weighted by Gasteiger charge is 2.22. The van der Waals surface area contributed by atoms with Crippen LogP contribution in [0.15, 0.2) is 35.5 Å². The molecule has 0 aliphatic rings. The van der Waals surface area contributed by atoms with E-state index in [0.29, 0.717) is 5.69 Å². The molecule has 19 heavy (non-hydrogen) atoms. The molecular formula is C11H10FN3O3S. The molecule has 0 atom stereocenters. The van der Waals surface area contributed by atoms with Crippen LogP contribution in [0.1, 0.15) is 5.69 Å². The van der Waals surface area contributed by atoms with Crippen molar-refractivity contribution in [3.63, 3.8) is 0 Å². The van der Waals surface area contributed by atoms with E-state index in [1.165, 1.54) is 18.2 Å². The maximum atomic E-state index is 13.4. The Labute approximate surface area is 109 Å². The minimum absolute atomic E-state index is 0.273. The second-order valence-corrected chi connectivity index (χ2v) is 5.31. The number of rotatable bonds is 3. The number of hydrogen-bond donors (Lipinski definition) is 2. The zero-order valence-corrected chi connectivity index (χ0v) is 10.6. The molecule has 100 valence electrons. The minimum atomic E-state index is -4.24. The van der Waals surface area contributed by atoms with Gasteiger partial charge in [0.25, 0.3) is 10.0 Å². The van der Waals surface area contributed by atoms with Gasteiger partial charge in [-0.2, -0.15) is 8.42 Å². The third-order valence-electron chi connectivity index (χ3n) is 2.22. The van der Waals surface area contributed by atoms with Crippen molar-refractivity contribution < 1.29 is 17.9 Å². The monoisotopic (exact) mass is 283 g/mol. The first-order valence-corrected chi connectivity index (χ1v) is 6.68. The molecule has 2 N–H and O–H groups in total. The van der Waals surface area contributed by atoms with Crippen LogP contribution in [-0.4, -0.2) is 23.5 Å². The average Bonchev–Trinajstić information content (AvgIpc) is 2.34. The molecule has 0 saturated heterocycles. The molecule has 6 nitrogen and oxygen atoms in total. The Kier molecular flexibility index (Phi) is 3.34. The highest BCUT2D eigenvalue weighted by Crippen LogP contribution is 2.23. The lowest BCUT2D eigenvalue weighted by atomic mass is 10.3. The van der Waals surface area contributed by atoms with E-state index in [1.807, 2.05) is 4.72 Å². The van der Waals surface area contributed by atoms with E-state index in [9.17, 15) is 17.9 Å². The lowest BCUT2D eigenvalue weighted by molar-refractivity contribution is 0.475. The molecule has 2 aromatic heterocycles. The Bertz CT molecular complexity index is 719. The Morgan fingerprint density at radius 1 is 1.32 bits per heavy atom. The lowest BCUT2D eigenvalue weighted by Crippen LogP contribution is -2.17.